The first-order valence-corrected chi connectivity index (χ1v) is 6.24. The summed E-state index contributed by atoms with van der Waals surface area (Å²) in [4.78, 5) is 14.5. The highest BCUT2D eigenvalue weighted by Gasteiger charge is 2.31. The minimum Gasteiger partial charge on any atom is -0.393 e. The van der Waals surface area contributed by atoms with Crippen LogP contribution in [0.4, 0.5) is 0 Å². The average molecular weight is 260 g/mol. The van der Waals surface area contributed by atoms with Gasteiger partial charge in [-0.2, -0.15) is 0 Å². The highest BCUT2D eigenvalue weighted by molar-refractivity contribution is 7.80. The molecule has 0 saturated heterocycles. The number of hydrogen-bond acceptors (Lipinski definition) is 3. The molecule has 0 aliphatic heterocycles. The molecule has 5 heteroatoms. The Hall–Kier alpha value is -0.680. The molecule has 1 amide bonds. The second-order valence-electron chi connectivity index (χ2n) is 5.08. The third-order valence-corrected chi connectivity index (χ3v) is 2.73. The number of amides is 1. The van der Waals surface area contributed by atoms with E-state index in [4.69, 9.17) is 22.7 Å². The van der Waals surface area contributed by atoms with Crippen LogP contribution in [0.3, 0.4) is 0 Å². The van der Waals surface area contributed by atoms with Crippen LogP contribution in [-0.4, -0.2) is 41.6 Å². The zero-order chi connectivity index (χ0) is 13.6. The van der Waals surface area contributed by atoms with Gasteiger partial charge in [-0.1, -0.05) is 26.1 Å². The van der Waals surface area contributed by atoms with E-state index >= 15 is 0 Å². The lowest BCUT2D eigenvalue weighted by molar-refractivity contribution is -0.151. The lowest BCUT2D eigenvalue weighted by Crippen LogP contribution is -2.48. The lowest BCUT2D eigenvalue weighted by Gasteiger charge is -2.32. The zero-order valence-electron chi connectivity index (χ0n) is 11.4. The summed E-state index contributed by atoms with van der Waals surface area (Å²) in [6.45, 7) is 8.92. The van der Waals surface area contributed by atoms with Crippen molar-refractivity contribution in [3.05, 3.63) is 0 Å². The van der Waals surface area contributed by atoms with Gasteiger partial charge in [0.2, 0.25) is 0 Å². The molecule has 0 spiro atoms. The molecule has 0 radical (unpaired) electrons. The van der Waals surface area contributed by atoms with Crippen molar-refractivity contribution in [1.29, 1.82) is 0 Å². The van der Waals surface area contributed by atoms with Crippen LogP contribution in [0.2, 0.25) is 0 Å². The van der Waals surface area contributed by atoms with Gasteiger partial charge in [-0.3, -0.25) is 4.79 Å². The zero-order valence-corrected chi connectivity index (χ0v) is 12.3. The van der Waals surface area contributed by atoms with Gasteiger partial charge in [0.15, 0.2) is 0 Å². The third-order valence-electron chi connectivity index (χ3n) is 2.53. The molecule has 0 aliphatic rings. The third kappa shape index (κ3) is 5.98. The van der Waals surface area contributed by atoms with Crippen molar-refractivity contribution >= 4 is 23.1 Å². The molecule has 17 heavy (non-hydrogen) atoms. The Kier molecular flexibility index (Phi) is 6.64. The monoisotopic (exact) mass is 260 g/mol. The van der Waals surface area contributed by atoms with Crippen LogP contribution in [0.15, 0.2) is 0 Å². The van der Waals surface area contributed by atoms with Crippen LogP contribution in [0.5, 0.6) is 0 Å². The molecule has 0 bridgehead atoms. The van der Waals surface area contributed by atoms with E-state index in [0.717, 1.165) is 0 Å². The van der Waals surface area contributed by atoms with Gasteiger partial charge in [-0.15, -0.1) is 0 Å². The summed E-state index contributed by atoms with van der Waals surface area (Å²) in [5.41, 5.74) is 4.67. The number of ether oxygens (including phenoxy) is 1. The van der Waals surface area contributed by atoms with E-state index in [1.807, 2.05) is 0 Å². The Bertz CT molecular complexity index is 278. The summed E-state index contributed by atoms with van der Waals surface area (Å²) in [7, 11) is 1.54. The largest absolute Gasteiger partial charge is 0.393 e. The highest BCUT2D eigenvalue weighted by atomic mass is 32.1. The van der Waals surface area contributed by atoms with Gasteiger partial charge in [0.1, 0.15) is 5.60 Å². The summed E-state index contributed by atoms with van der Waals surface area (Å²) in [6, 6.07) is 0. The van der Waals surface area contributed by atoms with Crippen molar-refractivity contribution in [2.75, 3.05) is 20.2 Å². The maximum Gasteiger partial charge on any atom is 0.254 e. The molecule has 0 heterocycles. The molecule has 2 N–H and O–H groups in total. The number of thiocarbonyl (C=S) groups is 1. The van der Waals surface area contributed by atoms with Crippen molar-refractivity contribution in [3.8, 4) is 0 Å². The van der Waals surface area contributed by atoms with Crippen LogP contribution >= 0.6 is 12.2 Å². The molecule has 0 rings (SSSR count). The van der Waals surface area contributed by atoms with Crippen LogP contribution < -0.4 is 5.73 Å². The minimum absolute atomic E-state index is 0.0232. The Morgan fingerprint density at radius 3 is 2.35 bits per heavy atom. The van der Waals surface area contributed by atoms with Gasteiger partial charge >= 0.3 is 0 Å². The fourth-order valence-corrected chi connectivity index (χ4v) is 1.52. The van der Waals surface area contributed by atoms with Crippen LogP contribution in [0, 0.1) is 5.92 Å². The first-order chi connectivity index (χ1) is 7.70. The van der Waals surface area contributed by atoms with Crippen molar-refractivity contribution in [2.45, 2.75) is 39.7 Å². The average Bonchev–Trinajstić information content (AvgIpc) is 2.22. The number of methoxy groups -OCH3 is 1. The van der Waals surface area contributed by atoms with Gasteiger partial charge < -0.3 is 15.4 Å². The van der Waals surface area contributed by atoms with Gasteiger partial charge in [0.05, 0.1) is 4.99 Å². The molecule has 0 atom stereocenters. The first kappa shape index (κ1) is 16.3. The van der Waals surface area contributed by atoms with Gasteiger partial charge in [-0.25, -0.2) is 0 Å². The molecule has 0 aromatic rings. The van der Waals surface area contributed by atoms with E-state index in [0.29, 0.717) is 30.4 Å². The molecule has 0 saturated carbocycles. The fraction of sp³-hybridized carbons (Fsp3) is 0.833. The van der Waals surface area contributed by atoms with Gasteiger partial charge in [0, 0.05) is 26.6 Å². The molecule has 0 fully saturated rings. The van der Waals surface area contributed by atoms with E-state index in [1.54, 1.807) is 25.9 Å². The fourth-order valence-electron chi connectivity index (χ4n) is 1.43. The standard InChI is InChI=1S/C12H24N2O2S/c1-9(2)8-14(7-6-10(13)17)11(15)12(3,4)16-5/h9H,6-8H2,1-5H3,(H2,13,17). The summed E-state index contributed by atoms with van der Waals surface area (Å²) in [6.07, 6.45) is 0.549. The molecule has 0 aliphatic carbocycles. The van der Waals surface area contributed by atoms with E-state index < -0.39 is 5.60 Å². The number of rotatable bonds is 7. The number of carbonyl (C=O) groups is 1. The number of carbonyl (C=O) groups excluding carboxylic acids is 1. The molecule has 0 aromatic carbocycles. The number of hydrogen-bond donors (Lipinski definition) is 1. The maximum atomic E-state index is 12.3. The molecule has 100 valence electrons. The lowest BCUT2D eigenvalue weighted by atomic mass is 10.1. The van der Waals surface area contributed by atoms with Crippen molar-refractivity contribution in [1.82, 2.24) is 4.90 Å². The topological polar surface area (TPSA) is 55.6 Å². The number of nitrogens with two attached hydrogens (primary N) is 1. The predicted molar refractivity (Wildman–Crippen MR) is 73.9 cm³/mol. The second kappa shape index (κ2) is 6.91. The van der Waals surface area contributed by atoms with Gasteiger partial charge in [-0.05, 0) is 19.8 Å². The minimum atomic E-state index is -0.800. The van der Waals surface area contributed by atoms with E-state index in [9.17, 15) is 4.79 Å². The number of nitrogens with zero attached hydrogens (tertiary/aromatic N) is 1. The quantitative estimate of drug-likeness (QED) is 0.706. The highest BCUT2D eigenvalue weighted by Crippen LogP contribution is 2.14. The molecule has 0 aromatic heterocycles. The van der Waals surface area contributed by atoms with Crippen molar-refractivity contribution in [2.24, 2.45) is 11.7 Å². The summed E-state index contributed by atoms with van der Waals surface area (Å²) in [5.74, 6) is 0.378. The SMILES string of the molecule is COC(C)(C)C(=O)N(CCC(N)=S)CC(C)C. The maximum absolute atomic E-state index is 12.3. The Morgan fingerprint density at radius 2 is 2.00 bits per heavy atom. The summed E-state index contributed by atoms with van der Waals surface area (Å²) >= 11 is 4.84. The predicted octanol–water partition coefficient (Wildman–Crippen LogP) is 1.57. The molecular weight excluding hydrogens is 236 g/mol. The van der Waals surface area contributed by atoms with Crippen LogP contribution in [0.25, 0.3) is 0 Å². The molecule has 4 nitrogen and oxygen atoms in total. The molecular formula is C12H24N2O2S. The van der Waals surface area contributed by atoms with Gasteiger partial charge in [0.25, 0.3) is 5.91 Å². The van der Waals surface area contributed by atoms with E-state index in [-0.39, 0.29) is 5.91 Å². The van der Waals surface area contributed by atoms with Crippen LogP contribution in [-0.2, 0) is 9.53 Å². The van der Waals surface area contributed by atoms with Crippen molar-refractivity contribution in [3.63, 3.8) is 0 Å². The summed E-state index contributed by atoms with van der Waals surface area (Å²) < 4.78 is 5.21. The Labute approximate surface area is 109 Å². The Balaban J connectivity index is 4.67. The van der Waals surface area contributed by atoms with Crippen LogP contribution in [0.1, 0.15) is 34.1 Å². The van der Waals surface area contributed by atoms with E-state index in [1.165, 1.54) is 0 Å². The van der Waals surface area contributed by atoms with E-state index in [2.05, 4.69) is 13.8 Å². The van der Waals surface area contributed by atoms with Crippen molar-refractivity contribution < 1.29 is 9.53 Å². The Morgan fingerprint density at radius 1 is 1.47 bits per heavy atom. The second-order valence-corrected chi connectivity index (χ2v) is 5.60. The normalized spacial score (nSPS) is 11.6. The summed E-state index contributed by atoms with van der Waals surface area (Å²) in [5, 5.41) is 0. The molecule has 0 unspecified atom stereocenters. The smallest absolute Gasteiger partial charge is 0.254 e. The first-order valence-electron chi connectivity index (χ1n) is 5.83.